The Kier molecular flexibility index (Phi) is 25.5. The molecule has 8 heteroatoms. The number of carbonyl (C=O) groups excluding carboxylic acids is 1. The predicted molar refractivity (Wildman–Crippen MR) is 182 cm³/mol. The first-order valence-corrected chi connectivity index (χ1v) is 19.2. The molecule has 1 aromatic carbocycles. The quantitative estimate of drug-likeness (QED) is 0.0207. The molecule has 0 heterocycles. The average molecular weight is 642 g/mol. The van der Waals surface area contributed by atoms with Gasteiger partial charge in [0.25, 0.3) is 0 Å². The van der Waals surface area contributed by atoms with E-state index in [2.05, 4.69) is 13.8 Å². The summed E-state index contributed by atoms with van der Waals surface area (Å²) in [6.07, 6.45) is 22.0. The molecule has 248 valence electrons. The van der Waals surface area contributed by atoms with E-state index in [4.69, 9.17) is 19.2 Å². The molecule has 0 saturated heterocycles. The van der Waals surface area contributed by atoms with Gasteiger partial charge in [0.15, 0.2) is 0 Å². The lowest BCUT2D eigenvalue weighted by Gasteiger charge is -2.25. The first kappa shape index (κ1) is 40.0. The highest BCUT2D eigenvalue weighted by Crippen LogP contribution is 2.32. The van der Waals surface area contributed by atoms with E-state index < -0.39 is 20.0 Å². The summed E-state index contributed by atoms with van der Waals surface area (Å²) in [5, 5.41) is 0.212. The zero-order valence-electron chi connectivity index (χ0n) is 27.7. The fourth-order valence-electron chi connectivity index (χ4n) is 4.88. The number of unbranched alkanes of at least 4 members (excludes halogenated alkanes) is 14. The van der Waals surface area contributed by atoms with Gasteiger partial charge in [0.1, 0.15) is 12.7 Å². The van der Waals surface area contributed by atoms with Crippen molar-refractivity contribution in [1.82, 2.24) is 0 Å². The molecule has 0 fully saturated rings. The third-order valence-corrected chi connectivity index (χ3v) is 9.91. The van der Waals surface area contributed by atoms with E-state index in [1.165, 1.54) is 96.3 Å². The molecule has 0 radical (unpaired) electrons. The van der Waals surface area contributed by atoms with Crippen molar-refractivity contribution in [2.45, 2.75) is 167 Å². The monoisotopic (exact) mass is 641 g/mol. The summed E-state index contributed by atoms with van der Waals surface area (Å²) in [5.41, 5.74) is -1.27. The van der Waals surface area contributed by atoms with Gasteiger partial charge in [0, 0.05) is 5.25 Å². The lowest BCUT2D eigenvalue weighted by Crippen LogP contribution is -2.42. The zero-order chi connectivity index (χ0) is 31.4. The molecule has 0 aromatic heterocycles. The Balaban J connectivity index is 2.64. The molecule has 0 aliphatic carbocycles. The normalized spacial score (nSPS) is 14.4. The Morgan fingerprint density at radius 3 is 1.91 bits per heavy atom. The number of hydrogen-bond acceptors (Lipinski definition) is 7. The Bertz CT molecular complexity index is 798. The summed E-state index contributed by atoms with van der Waals surface area (Å²) < 4.78 is 23.5. The topological polar surface area (TPSA) is 71.1 Å². The highest BCUT2D eigenvalue weighted by atomic mass is 32.2. The van der Waals surface area contributed by atoms with Crippen LogP contribution in [0.3, 0.4) is 0 Å². The molecule has 0 aliphatic heterocycles. The van der Waals surface area contributed by atoms with Gasteiger partial charge in [-0.05, 0) is 37.5 Å². The van der Waals surface area contributed by atoms with Crippen molar-refractivity contribution in [2.24, 2.45) is 0 Å². The summed E-state index contributed by atoms with van der Waals surface area (Å²) >= 11 is 1.93. The van der Waals surface area contributed by atoms with Crippen LogP contribution in [0.2, 0.25) is 0 Å². The van der Waals surface area contributed by atoms with Crippen LogP contribution in [0.1, 0.15) is 149 Å². The van der Waals surface area contributed by atoms with Crippen molar-refractivity contribution < 1.29 is 28.6 Å². The average Bonchev–Trinajstić information content (AvgIpc) is 3.03. The molecule has 0 amide bonds. The molecule has 0 N–H and O–H groups in total. The van der Waals surface area contributed by atoms with Gasteiger partial charge < -0.3 is 4.74 Å². The van der Waals surface area contributed by atoms with E-state index in [1.807, 2.05) is 55.9 Å². The number of hydrogen-bond donors (Lipinski definition) is 0. The van der Waals surface area contributed by atoms with Crippen LogP contribution in [0.5, 0.6) is 0 Å². The van der Waals surface area contributed by atoms with Crippen LogP contribution >= 0.6 is 20.2 Å². The molecule has 4 unspecified atom stereocenters. The van der Waals surface area contributed by atoms with E-state index in [0.29, 0.717) is 6.42 Å². The van der Waals surface area contributed by atoms with Gasteiger partial charge in [-0.15, -0.1) is 4.89 Å². The van der Waals surface area contributed by atoms with Crippen molar-refractivity contribution in [1.29, 1.82) is 0 Å². The number of rotatable bonds is 30. The second-order valence-electron chi connectivity index (χ2n) is 11.7. The summed E-state index contributed by atoms with van der Waals surface area (Å²) in [5.74, 6) is 0.237. The van der Waals surface area contributed by atoms with Gasteiger partial charge in [-0.2, -0.15) is 11.8 Å². The first-order chi connectivity index (χ1) is 21.0. The van der Waals surface area contributed by atoms with Gasteiger partial charge in [-0.1, -0.05) is 152 Å². The molecule has 1 aromatic rings. The van der Waals surface area contributed by atoms with E-state index in [-0.39, 0.29) is 24.6 Å². The Labute approximate surface area is 269 Å². The van der Waals surface area contributed by atoms with Crippen molar-refractivity contribution in [3.8, 4) is 0 Å². The van der Waals surface area contributed by atoms with Crippen LogP contribution in [-0.2, 0) is 35.2 Å². The van der Waals surface area contributed by atoms with E-state index in [1.54, 1.807) is 0 Å². The molecule has 6 nitrogen and oxygen atoms in total. The van der Waals surface area contributed by atoms with E-state index in [0.717, 1.165) is 24.2 Å². The third kappa shape index (κ3) is 19.2. The lowest BCUT2D eigenvalue weighted by molar-refractivity contribution is -0.403. The Morgan fingerprint density at radius 1 is 0.791 bits per heavy atom. The summed E-state index contributed by atoms with van der Waals surface area (Å²) in [4.78, 5) is 24.6. The highest BCUT2D eigenvalue weighted by molar-refractivity contribution is 7.99. The van der Waals surface area contributed by atoms with Crippen LogP contribution in [-0.4, -0.2) is 35.2 Å². The number of esters is 1. The minimum atomic E-state index is -2.09. The molecule has 0 aliphatic rings. The first-order valence-electron chi connectivity index (χ1n) is 17.2. The largest absolute Gasteiger partial charge is 0.497 e. The smallest absolute Gasteiger partial charge is 0.453 e. The molecule has 4 atom stereocenters. The molecular weight excluding hydrogens is 579 g/mol. The van der Waals surface area contributed by atoms with Gasteiger partial charge >= 0.3 is 20.0 Å². The third-order valence-electron chi connectivity index (χ3n) is 7.64. The summed E-state index contributed by atoms with van der Waals surface area (Å²) in [7, 11) is -1.23. The fraction of sp³-hybridized carbons (Fsp3) is 0.800. The lowest BCUT2D eigenvalue weighted by atomic mass is 10.1. The zero-order valence-corrected chi connectivity index (χ0v) is 29.6. The van der Waals surface area contributed by atoms with Crippen LogP contribution in [0.25, 0.3) is 0 Å². The number of thioether (sulfide) groups is 1. The molecule has 0 saturated carbocycles. The second kappa shape index (κ2) is 27.3. The van der Waals surface area contributed by atoms with Crippen LogP contribution in [0.15, 0.2) is 30.3 Å². The maximum Gasteiger partial charge on any atom is 0.497 e. The standard InChI is InChI=1S/C35H61O6PS/c1-5-8-10-12-14-15-16-17-19-24-29-43-33(27-23-18-13-11-9-6-2)31(4)40-41-35(42-37,39-28-7-3)34(36)38-30-32-25-21-20-22-26-32/h20-22,25-26,31,33H,5-19,23-24,27-30H2,1-4H3/p+1. The molecule has 1 rings (SSSR count). The number of carbonyl (C=O) groups is 1. The SMILES string of the molecule is CCCCCCCCCCCCSC(CCCCCCCC)C(C)OOC(OCCC)([PH+]=O)C(=O)OCc1ccccc1. The molecule has 43 heavy (non-hydrogen) atoms. The van der Waals surface area contributed by atoms with E-state index in [9.17, 15) is 9.36 Å². The van der Waals surface area contributed by atoms with Crippen LogP contribution in [0, 0.1) is 0 Å². The maximum absolute atomic E-state index is 13.1. The van der Waals surface area contributed by atoms with Crippen LogP contribution < -0.4 is 0 Å². The summed E-state index contributed by atoms with van der Waals surface area (Å²) in [6, 6.07) is 9.36. The minimum absolute atomic E-state index is 0.0374. The second-order valence-corrected chi connectivity index (χ2v) is 13.9. The highest BCUT2D eigenvalue weighted by Gasteiger charge is 2.55. The van der Waals surface area contributed by atoms with E-state index >= 15 is 0 Å². The predicted octanol–water partition coefficient (Wildman–Crippen LogP) is 10.9. The van der Waals surface area contributed by atoms with Gasteiger partial charge in [0.2, 0.25) is 0 Å². The number of benzene rings is 1. The van der Waals surface area contributed by atoms with Crippen LogP contribution in [0.4, 0.5) is 0 Å². The van der Waals surface area contributed by atoms with Crippen molar-refractivity contribution in [3.63, 3.8) is 0 Å². The molecular formula is C35H62O6PS+. The van der Waals surface area contributed by atoms with Crippen molar-refractivity contribution in [3.05, 3.63) is 35.9 Å². The van der Waals surface area contributed by atoms with Crippen molar-refractivity contribution in [2.75, 3.05) is 12.4 Å². The Morgan fingerprint density at radius 2 is 1.35 bits per heavy atom. The maximum atomic E-state index is 13.1. The Hall–Kier alpha value is -0.980. The number of ether oxygens (including phenoxy) is 2. The van der Waals surface area contributed by atoms with Gasteiger partial charge in [-0.3, -0.25) is 4.74 Å². The van der Waals surface area contributed by atoms with Crippen molar-refractivity contribution >= 4 is 26.2 Å². The summed E-state index contributed by atoms with van der Waals surface area (Å²) in [6.45, 7) is 8.63. The fourth-order valence-corrected chi connectivity index (χ4v) is 6.60. The van der Waals surface area contributed by atoms with Gasteiger partial charge in [0.05, 0.1) is 6.61 Å². The van der Waals surface area contributed by atoms with Gasteiger partial charge in [-0.25, -0.2) is 9.68 Å². The molecule has 0 bridgehead atoms. The minimum Gasteiger partial charge on any atom is -0.453 e. The molecule has 0 spiro atoms.